The Balaban J connectivity index is 1.74. The second-order valence-electron chi connectivity index (χ2n) is 8.26. The number of aromatic nitrogens is 2. The van der Waals surface area contributed by atoms with Crippen molar-refractivity contribution in [3.05, 3.63) is 53.1 Å². The number of H-pyrrole nitrogens is 1. The highest BCUT2D eigenvalue weighted by Crippen LogP contribution is 2.26. The molecule has 0 bridgehead atoms. The highest BCUT2D eigenvalue weighted by Gasteiger charge is 2.30. The SMILES string of the molecule is CCN(c1cc(-c2ccnc(NC)c2)c[nH]c1=O)C1CCN(C(=O)C=CCNC(C)C)C1. The van der Waals surface area contributed by atoms with E-state index in [-0.39, 0.29) is 17.5 Å². The van der Waals surface area contributed by atoms with Gasteiger partial charge in [0.15, 0.2) is 0 Å². The summed E-state index contributed by atoms with van der Waals surface area (Å²) in [7, 11) is 1.83. The summed E-state index contributed by atoms with van der Waals surface area (Å²) < 4.78 is 0. The summed E-state index contributed by atoms with van der Waals surface area (Å²) >= 11 is 0. The van der Waals surface area contributed by atoms with E-state index >= 15 is 0 Å². The number of anilines is 2. The Morgan fingerprint density at radius 1 is 1.38 bits per heavy atom. The molecule has 32 heavy (non-hydrogen) atoms. The van der Waals surface area contributed by atoms with Crippen LogP contribution in [0.25, 0.3) is 11.1 Å². The Bertz CT molecular complexity index is 1000. The number of likely N-dealkylation sites (N-methyl/N-ethyl adjacent to an activating group) is 1. The zero-order valence-electron chi connectivity index (χ0n) is 19.4. The molecule has 8 nitrogen and oxygen atoms in total. The minimum absolute atomic E-state index is 0.0214. The average molecular weight is 439 g/mol. The summed E-state index contributed by atoms with van der Waals surface area (Å²) in [6, 6.07) is 6.29. The molecule has 0 aromatic carbocycles. The molecule has 3 N–H and O–H groups in total. The Labute approximate surface area is 189 Å². The van der Waals surface area contributed by atoms with Gasteiger partial charge in [0.05, 0.1) is 0 Å². The van der Waals surface area contributed by atoms with Gasteiger partial charge in [-0.25, -0.2) is 4.98 Å². The zero-order valence-corrected chi connectivity index (χ0v) is 19.4. The maximum Gasteiger partial charge on any atom is 0.271 e. The third kappa shape index (κ3) is 5.76. The predicted molar refractivity (Wildman–Crippen MR) is 130 cm³/mol. The van der Waals surface area contributed by atoms with Crippen LogP contribution in [0.2, 0.25) is 0 Å². The lowest BCUT2D eigenvalue weighted by Crippen LogP contribution is -2.41. The number of carbonyl (C=O) groups excluding carboxylic acids is 1. The number of nitrogens with zero attached hydrogens (tertiary/aromatic N) is 3. The second kappa shape index (κ2) is 10.9. The van der Waals surface area contributed by atoms with E-state index in [9.17, 15) is 9.59 Å². The van der Waals surface area contributed by atoms with Gasteiger partial charge < -0.3 is 25.4 Å². The first-order valence-corrected chi connectivity index (χ1v) is 11.2. The van der Waals surface area contributed by atoms with Crippen molar-refractivity contribution in [1.82, 2.24) is 20.2 Å². The molecule has 1 saturated heterocycles. The summed E-state index contributed by atoms with van der Waals surface area (Å²) in [5.74, 6) is 0.789. The number of amides is 1. The third-order valence-electron chi connectivity index (χ3n) is 5.70. The molecule has 1 atom stereocenters. The molecule has 1 unspecified atom stereocenters. The van der Waals surface area contributed by atoms with Crippen molar-refractivity contribution in [2.24, 2.45) is 0 Å². The molecule has 0 aliphatic carbocycles. The lowest BCUT2D eigenvalue weighted by molar-refractivity contribution is -0.125. The topological polar surface area (TPSA) is 93.4 Å². The van der Waals surface area contributed by atoms with Gasteiger partial charge in [0.1, 0.15) is 11.5 Å². The van der Waals surface area contributed by atoms with Gasteiger partial charge in [-0.05, 0) is 37.1 Å². The first-order chi connectivity index (χ1) is 15.4. The number of nitrogens with one attached hydrogen (secondary N) is 3. The van der Waals surface area contributed by atoms with Crippen LogP contribution in [0.15, 0.2) is 47.5 Å². The normalized spacial score (nSPS) is 16.2. The molecule has 3 rings (SSSR count). The van der Waals surface area contributed by atoms with Crippen molar-refractivity contribution in [3.8, 4) is 11.1 Å². The molecule has 1 aliphatic rings. The Morgan fingerprint density at radius 2 is 2.19 bits per heavy atom. The third-order valence-corrected chi connectivity index (χ3v) is 5.70. The lowest BCUT2D eigenvalue weighted by atomic mass is 10.1. The molecule has 2 aromatic heterocycles. The van der Waals surface area contributed by atoms with Gasteiger partial charge in [-0.3, -0.25) is 9.59 Å². The van der Waals surface area contributed by atoms with Crippen molar-refractivity contribution in [3.63, 3.8) is 0 Å². The fraction of sp³-hybridized carbons (Fsp3) is 0.458. The van der Waals surface area contributed by atoms with Gasteiger partial charge in [-0.15, -0.1) is 0 Å². The van der Waals surface area contributed by atoms with Crippen LogP contribution in [0.1, 0.15) is 27.2 Å². The van der Waals surface area contributed by atoms with Crippen LogP contribution in [-0.2, 0) is 4.79 Å². The molecule has 3 heterocycles. The monoisotopic (exact) mass is 438 g/mol. The highest BCUT2D eigenvalue weighted by atomic mass is 16.2. The fourth-order valence-electron chi connectivity index (χ4n) is 3.99. The Hall–Kier alpha value is -3.13. The molecular weight excluding hydrogens is 404 g/mol. The quantitative estimate of drug-likeness (QED) is 0.521. The summed E-state index contributed by atoms with van der Waals surface area (Å²) in [6.07, 6.45) is 7.82. The largest absolute Gasteiger partial charge is 0.373 e. The maximum absolute atomic E-state index is 12.7. The molecule has 172 valence electrons. The van der Waals surface area contributed by atoms with E-state index in [0.717, 1.165) is 23.4 Å². The standard InChI is InChI=1S/C24H34N6O2/c1-5-30(20-9-12-29(16-20)23(31)7-6-10-26-17(2)3)21-13-19(15-28-24(21)32)18-8-11-27-22(14-18)25-4/h6-8,11,13-15,17,20,26H,5,9-10,12,16H2,1-4H3,(H,25,27)(H,28,32). The Kier molecular flexibility index (Phi) is 8.05. The van der Waals surface area contributed by atoms with Gasteiger partial charge in [0.25, 0.3) is 5.56 Å². The number of hydrogen-bond donors (Lipinski definition) is 3. The number of pyridine rings is 2. The number of likely N-dealkylation sites (tertiary alicyclic amines) is 1. The van der Waals surface area contributed by atoms with Crippen molar-refractivity contribution >= 4 is 17.4 Å². The predicted octanol–water partition coefficient (Wildman–Crippen LogP) is 2.46. The molecular formula is C24H34N6O2. The molecule has 1 fully saturated rings. The molecule has 0 radical (unpaired) electrons. The van der Waals surface area contributed by atoms with E-state index in [0.29, 0.717) is 37.9 Å². The second-order valence-corrected chi connectivity index (χ2v) is 8.26. The van der Waals surface area contributed by atoms with E-state index < -0.39 is 0 Å². The molecule has 1 aliphatic heterocycles. The number of carbonyl (C=O) groups is 1. The maximum atomic E-state index is 12.7. The van der Waals surface area contributed by atoms with E-state index in [1.54, 1.807) is 18.5 Å². The van der Waals surface area contributed by atoms with Crippen LogP contribution in [-0.4, -0.2) is 66.1 Å². The highest BCUT2D eigenvalue weighted by molar-refractivity contribution is 5.88. The average Bonchev–Trinajstić information content (AvgIpc) is 3.28. The summed E-state index contributed by atoms with van der Waals surface area (Å²) in [5, 5.41) is 6.31. The number of aromatic amines is 1. The Morgan fingerprint density at radius 3 is 2.91 bits per heavy atom. The van der Waals surface area contributed by atoms with Gasteiger partial charge in [-0.2, -0.15) is 0 Å². The van der Waals surface area contributed by atoms with Crippen LogP contribution in [0.5, 0.6) is 0 Å². The molecule has 0 spiro atoms. The lowest BCUT2D eigenvalue weighted by Gasteiger charge is -2.29. The minimum atomic E-state index is -0.122. The summed E-state index contributed by atoms with van der Waals surface area (Å²) in [5.41, 5.74) is 2.40. The van der Waals surface area contributed by atoms with Gasteiger partial charge in [-0.1, -0.05) is 19.9 Å². The summed E-state index contributed by atoms with van der Waals surface area (Å²) in [6.45, 7) is 8.85. The van der Waals surface area contributed by atoms with E-state index in [1.165, 1.54) is 0 Å². The van der Waals surface area contributed by atoms with Crippen LogP contribution in [0.4, 0.5) is 11.5 Å². The fourth-order valence-corrected chi connectivity index (χ4v) is 3.99. The van der Waals surface area contributed by atoms with Gasteiger partial charge >= 0.3 is 0 Å². The number of hydrogen-bond acceptors (Lipinski definition) is 6. The van der Waals surface area contributed by atoms with Crippen molar-refractivity contribution in [2.45, 2.75) is 39.3 Å². The minimum Gasteiger partial charge on any atom is -0.373 e. The van der Waals surface area contributed by atoms with E-state index in [2.05, 4.69) is 39.3 Å². The van der Waals surface area contributed by atoms with Crippen LogP contribution < -0.4 is 21.1 Å². The molecule has 8 heteroatoms. The van der Waals surface area contributed by atoms with Crippen LogP contribution in [0.3, 0.4) is 0 Å². The first-order valence-electron chi connectivity index (χ1n) is 11.2. The summed E-state index contributed by atoms with van der Waals surface area (Å²) in [4.78, 5) is 36.4. The molecule has 0 saturated carbocycles. The smallest absolute Gasteiger partial charge is 0.271 e. The van der Waals surface area contributed by atoms with E-state index in [1.807, 2.05) is 43.1 Å². The first kappa shape index (κ1) is 23.5. The van der Waals surface area contributed by atoms with E-state index in [4.69, 9.17) is 0 Å². The molecule has 1 amide bonds. The van der Waals surface area contributed by atoms with Crippen LogP contribution >= 0.6 is 0 Å². The van der Waals surface area contributed by atoms with Crippen molar-refractivity contribution in [2.75, 3.05) is 43.4 Å². The zero-order chi connectivity index (χ0) is 23.1. The molecule has 2 aromatic rings. The van der Waals surface area contributed by atoms with Crippen LogP contribution in [0, 0.1) is 0 Å². The number of rotatable bonds is 9. The van der Waals surface area contributed by atoms with Gasteiger partial charge in [0, 0.05) is 69.3 Å². The van der Waals surface area contributed by atoms with Crippen molar-refractivity contribution in [1.29, 1.82) is 0 Å². The van der Waals surface area contributed by atoms with Crippen molar-refractivity contribution < 1.29 is 4.79 Å². The van der Waals surface area contributed by atoms with Gasteiger partial charge in [0.2, 0.25) is 5.91 Å².